The summed E-state index contributed by atoms with van der Waals surface area (Å²) in [4.78, 5) is 12.2. The molecule has 1 aromatic rings. The Morgan fingerprint density at radius 2 is 2.04 bits per heavy atom. The maximum Gasteiger partial charge on any atom is 0.242 e. The molecule has 8 nitrogen and oxygen atoms in total. The predicted octanol–water partition coefficient (Wildman–Crippen LogP) is 0.709. The summed E-state index contributed by atoms with van der Waals surface area (Å²) in [6.07, 6.45) is 0.523. The lowest BCUT2D eigenvalue weighted by Crippen LogP contribution is -2.23. The fourth-order valence-corrected chi connectivity index (χ4v) is 5.44. The van der Waals surface area contributed by atoms with Crippen LogP contribution in [-0.4, -0.2) is 59.8 Å². The van der Waals surface area contributed by atoms with Gasteiger partial charge < -0.3 is 10.1 Å². The van der Waals surface area contributed by atoms with Crippen molar-refractivity contribution < 1.29 is 26.4 Å². The molecule has 10 heteroatoms. The molecule has 1 aromatic carbocycles. The second-order valence-corrected chi connectivity index (χ2v) is 10.6. The van der Waals surface area contributed by atoms with Gasteiger partial charge in [0.15, 0.2) is 9.84 Å². The Balaban J connectivity index is 2.19. The molecule has 0 spiro atoms. The maximum absolute atomic E-state index is 12.2. The van der Waals surface area contributed by atoms with Crippen LogP contribution in [0.25, 0.3) is 0 Å². The lowest BCUT2D eigenvalue weighted by molar-refractivity contribution is -0.116. The maximum atomic E-state index is 12.2. The van der Waals surface area contributed by atoms with E-state index in [4.69, 9.17) is 4.74 Å². The number of ether oxygens (including phenoxy) is 1. The first-order chi connectivity index (χ1) is 11.5. The average Bonchev–Trinajstić information content (AvgIpc) is 2.85. The van der Waals surface area contributed by atoms with Gasteiger partial charge in [-0.3, -0.25) is 4.79 Å². The molecule has 1 aliphatic rings. The average molecular weight is 390 g/mol. The number of nitrogens with one attached hydrogen (secondary N) is 1. The summed E-state index contributed by atoms with van der Waals surface area (Å²) in [5.41, 5.74) is 0.233. The molecule has 1 unspecified atom stereocenters. The van der Waals surface area contributed by atoms with E-state index in [1.165, 1.54) is 39.4 Å². The van der Waals surface area contributed by atoms with Crippen molar-refractivity contribution in [1.29, 1.82) is 0 Å². The second kappa shape index (κ2) is 7.30. The number of sulfone groups is 1. The molecule has 1 saturated heterocycles. The Kier molecular flexibility index (Phi) is 5.75. The minimum atomic E-state index is -3.65. The van der Waals surface area contributed by atoms with Gasteiger partial charge in [-0.15, -0.1) is 0 Å². The third-order valence-corrected chi connectivity index (χ3v) is 7.67. The largest absolute Gasteiger partial charge is 0.495 e. The van der Waals surface area contributed by atoms with E-state index < -0.39 is 19.9 Å². The van der Waals surface area contributed by atoms with Crippen molar-refractivity contribution in [3.8, 4) is 5.75 Å². The van der Waals surface area contributed by atoms with E-state index in [9.17, 15) is 21.6 Å². The second-order valence-electron chi connectivity index (χ2n) is 6.17. The predicted molar refractivity (Wildman–Crippen MR) is 93.9 cm³/mol. The van der Waals surface area contributed by atoms with E-state index in [0.29, 0.717) is 12.2 Å². The van der Waals surface area contributed by atoms with Crippen molar-refractivity contribution in [3.05, 3.63) is 18.2 Å². The molecule has 0 saturated carbocycles. The molecule has 1 amide bonds. The fraction of sp³-hybridized carbons (Fsp3) is 0.533. The minimum Gasteiger partial charge on any atom is -0.495 e. The Morgan fingerprint density at radius 1 is 1.36 bits per heavy atom. The van der Waals surface area contributed by atoms with Crippen LogP contribution in [0, 0.1) is 5.92 Å². The number of carbonyl (C=O) groups is 1. The molecule has 1 aliphatic heterocycles. The quantitative estimate of drug-likeness (QED) is 0.766. The van der Waals surface area contributed by atoms with E-state index >= 15 is 0 Å². The first-order valence-corrected chi connectivity index (χ1v) is 10.9. The van der Waals surface area contributed by atoms with Gasteiger partial charge in [0, 0.05) is 20.5 Å². The third kappa shape index (κ3) is 4.71. The zero-order valence-corrected chi connectivity index (χ0v) is 16.0. The van der Waals surface area contributed by atoms with Gasteiger partial charge >= 0.3 is 0 Å². The normalized spacial score (nSPS) is 19.8. The van der Waals surface area contributed by atoms with Crippen LogP contribution in [0.15, 0.2) is 23.1 Å². The smallest absolute Gasteiger partial charge is 0.242 e. The summed E-state index contributed by atoms with van der Waals surface area (Å²) >= 11 is 0. The molecule has 1 atom stereocenters. The zero-order valence-electron chi connectivity index (χ0n) is 14.4. The van der Waals surface area contributed by atoms with Crippen LogP contribution >= 0.6 is 0 Å². The van der Waals surface area contributed by atoms with Gasteiger partial charge in [0.1, 0.15) is 5.75 Å². The van der Waals surface area contributed by atoms with Gasteiger partial charge in [0.2, 0.25) is 15.9 Å². The molecule has 1 heterocycles. The molecular weight excluding hydrogens is 368 g/mol. The summed E-state index contributed by atoms with van der Waals surface area (Å²) in [6.45, 7) is 0. The van der Waals surface area contributed by atoms with Crippen molar-refractivity contribution in [2.24, 2.45) is 5.92 Å². The number of hydrogen-bond donors (Lipinski definition) is 1. The van der Waals surface area contributed by atoms with E-state index in [-0.39, 0.29) is 40.3 Å². The topological polar surface area (TPSA) is 110 Å². The van der Waals surface area contributed by atoms with Crippen LogP contribution < -0.4 is 10.1 Å². The number of methoxy groups -OCH3 is 1. The van der Waals surface area contributed by atoms with Crippen molar-refractivity contribution >= 4 is 31.5 Å². The highest BCUT2D eigenvalue weighted by molar-refractivity contribution is 7.91. The lowest BCUT2D eigenvalue weighted by Gasteiger charge is -2.15. The number of nitrogens with zero attached hydrogens (tertiary/aromatic N) is 1. The van der Waals surface area contributed by atoms with Crippen LogP contribution in [0.5, 0.6) is 5.75 Å². The van der Waals surface area contributed by atoms with Crippen LogP contribution in [0.4, 0.5) is 5.69 Å². The molecule has 1 fully saturated rings. The molecule has 2 rings (SSSR count). The number of rotatable bonds is 6. The summed E-state index contributed by atoms with van der Waals surface area (Å²) in [7, 11) is -2.46. The molecule has 0 aromatic heterocycles. The minimum absolute atomic E-state index is 0.00655. The standard InChI is InChI=1S/C15H22N2O6S2/c1-17(2)25(21,22)12-4-5-14(23-3)13(9-12)16-15(18)8-11-6-7-24(19,20)10-11/h4-5,9,11H,6-8,10H2,1-3H3,(H,16,18). The highest BCUT2D eigenvalue weighted by atomic mass is 32.2. The molecule has 0 radical (unpaired) electrons. The number of sulfonamides is 1. The molecular formula is C15H22N2O6S2. The number of benzene rings is 1. The van der Waals surface area contributed by atoms with E-state index in [0.717, 1.165) is 4.31 Å². The van der Waals surface area contributed by atoms with Crippen molar-refractivity contribution in [1.82, 2.24) is 4.31 Å². The highest BCUT2D eigenvalue weighted by Gasteiger charge is 2.29. The Bertz CT molecular complexity index is 862. The molecule has 0 bridgehead atoms. The first kappa shape index (κ1) is 19.7. The lowest BCUT2D eigenvalue weighted by atomic mass is 10.0. The Morgan fingerprint density at radius 3 is 2.56 bits per heavy atom. The van der Waals surface area contributed by atoms with Crippen molar-refractivity contribution in [2.75, 3.05) is 38.0 Å². The van der Waals surface area contributed by atoms with Gasteiger partial charge in [-0.1, -0.05) is 0 Å². The number of anilines is 1. The summed E-state index contributed by atoms with van der Waals surface area (Å²) in [5.74, 6) is -0.160. The van der Waals surface area contributed by atoms with Gasteiger partial charge in [-0.25, -0.2) is 21.1 Å². The van der Waals surface area contributed by atoms with Gasteiger partial charge in [-0.05, 0) is 30.5 Å². The summed E-state index contributed by atoms with van der Waals surface area (Å²) in [5, 5.41) is 2.63. The zero-order chi connectivity index (χ0) is 18.8. The van der Waals surface area contributed by atoms with Crippen LogP contribution in [-0.2, 0) is 24.7 Å². The van der Waals surface area contributed by atoms with Crippen molar-refractivity contribution in [2.45, 2.75) is 17.7 Å². The van der Waals surface area contributed by atoms with Gasteiger partial charge in [0.05, 0.1) is 29.2 Å². The summed E-state index contributed by atoms with van der Waals surface area (Å²) in [6, 6.07) is 4.19. The third-order valence-electron chi connectivity index (χ3n) is 4.02. The van der Waals surface area contributed by atoms with Crippen LogP contribution in [0.2, 0.25) is 0 Å². The highest BCUT2D eigenvalue weighted by Crippen LogP contribution is 2.29. The number of hydrogen-bond acceptors (Lipinski definition) is 6. The summed E-state index contributed by atoms with van der Waals surface area (Å²) < 4.78 is 53.6. The van der Waals surface area contributed by atoms with Crippen LogP contribution in [0.1, 0.15) is 12.8 Å². The van der Waals surface area contributed by atoms with Gasteiger partial charge in [0.25, 0.3) is 0 Å². The Hall–Kier alpha value is -1.65. The fourth-order valence-electron chi connectivity index (χ4n) is 2.65. The van der Waals surface area contributed by atoms with E-state index in [2.05, 4.69) is 5.32 Å². The van der Waals surface area contributed by atoms with E-state index in [1.54, 1.807) is 0 Å². The number of carbonyl (C=O) groups excluding carboxylic acids is 1. The molecule has 1 N–H and O–H groups in total. The van der Waals surface area contributed by atoms with Crippen molar-refractivity contribution in [3.63, 3.8) is 0 Å². The monoisotopic (exact) mass is 390 g/mol. The first-order valence-electron chi connectivity index (χ1n) is 7.66. The molecule has 140 valence electrons. The van der Waals surface area contributed by atoms with E-state index in [1.807, 2.05) is 0 Å². The van der Waals surface area contributed by atoms with Gasteiger partial charge in [-0.2, -0.15) is 0 Å². The number of amides is 1. The van der Waals surface area contributed by atoms with Crippen LogP contribution in [0.3, 0.4) is 0 Å². The SMILES string of the molecule is COc1ccc(S(=O)(=O)N(C)C)cc1NC(=O)CC1CCS(=O)(=O)C1. The Labute approximate surface area is 148 Å². The molecule has 25 heavy (non-hydrogen) atoms. The molecule has 0 aliphatic carbocycles.